The van der Waals surface area contributed by atoms with Crippen LogP contribution in [-0.4, -0.2) is 24.6 Å². The molecule has 1 aromatic heterocycles. The smallest absolute Gasteiger partial charge is 0.273 e. The van der Waals surface area contributed by atoms with Gasteiger partial charge in [0.2, 0.25) is 0 Å². The van der Waals surface area contributed by atoms with Crippen molar-refractivity contribution < 1.29 is 14.3 Å². The van der Waals surface area contributed by atoms with E-state index in [-0.39, 0.29) is 17.3 Å². The van der Waals surface area contributed by atoms with Gasteiger partial charge >= 0.3 is 0 Å². The van der Waals surface area contributed by atoms with Crippen LogP contribution in [0.15, 0.2) is 59.4 Å². The molecular weight excluding hydrogens is 380 g/mol. The molecule has 0 fully saturated rings. The molecular formula is C24H20N2O4. The molecule has 1 aliphatic carbocycles. The minimum absolute atomic E-state index is 0.0442. The van der Waals surface area contributed by atoms with Crippen molar-refractivity contribution in [3.05, 3.63) is 87.3 Å². The first kappa shape index (κ1) is 19.5. The van der Waals surface area contributed by atoms with Gasteiger partial charge in [-0.15, -0.1) is 0 Å². The van der Waals surface area contributed by atoms with Gasteiger partial charge in [0.15, 0.2) is 5.78 Å². The Hall–Kier alpha value is -3.85. The number of Topliss-reactive ketones (excluding diaryl/α,β-unsaturated/α-hetero) is 1. The number of nitrogens with zero attached hydrogens (tertiary/aromatic N) is 2. The second-order valence-corrected chi connectivity index (χ2v) is 7.18. The number of pyridine rings is 1. The maximum Gasteiger partial charge on any atom is 0.273 e. The quantitative estimate of drug-likeness (QED) is 0.668. The number of rotatable bonds is 4. The Morgan fingerprint density at radius 2 is 1.63 bits per heavy atom. The van der Waals surface area contributed by atoms with Crippen LogP contribution in [0.1, 0.15) is 39.5 Å². The van der Waals surface area contributed by atoms with E-state index in [0.717, 1.165) is 5.56 Å². The summed E-state index contributed by atoms with van der Waals surface area (Å²) in [6, 6.07) is 18.2. The van der Waals surface area contributed by atoms with E-state index in [1.54, 1.807) is 18.2 Å². The van der Waals surface area contributed by atoms with Crippen molar-refractivity contribution in [1.29, 1.82) is 5.26 Å². The number of benzene rings is 2. The molecule has 3 aromatic rings. The Morgan fingerprint density at radius 1 is 0.967 bits per heavy atom. The SMILES string of the molecule is COc1cc(OC)cc(-n2c3c(cc(C#N)c2=O)C(=O)CC(c2ccccc2)C3)c1. The number of hydrogen-bond donors (Lipinski definition) is 0. The maximum absolute atomic E-state index is 13.2. The number of hydrogen-bond acceptors (Lipinski definition) is 5. The highest BCUT2D eigenvalue weighted by Gasteiger charge is 2.30. The maximum atomic E-state index is 13.2. The highest BCUT2D eigenvalue weighted by molar-refractivity contribution is 5.99. The Labute approximate surface area is 173 Å². The summed E-state index contributed by atoms with van der Waals surface area (Å²) >= 11 is 0. The zero-order chi connectivity index (χ0) is 21.3. The molecule has 6 heteroatoms. The third-order valence-electron chi connectivity index (χ3n) is 5.46. The number of carbonyl (C=O) groups excluding carboxylic acids is 1. The van der Waals surface area contributed by atoms with E-state index in [0.29, 0.717) is 41.3 Å². The minimum Gasteiger partial charge on any atom is -0.497 e. The molecule has 1 unspecified atom stereocenters. The average molecular weight is 400 g/mol. The zero-order valence-corrected chi connectivity index (χ0v) is 16.7. The number of methoxy groups -OCH3 is 2. The number of carbonyl (C=O) groups is 1. The Balaban J connectivity index is 1.97. The van der Waals surface area contributed by atoms with Gasteiger partial charge in [-0.1, -0.05) is 30.3 Å². The van der Waals surface area contributed by atoms with E-state index in [9.17, 15) is 14.9 Å². The first-order chi connectivity index (χ1) is 14.5. The van der Waals surface area contributed by atoms with Gasteiger partial charge in [-0.25, -0.2) is 0 Å². The van der Waals surface area contributed by atoms with E-state index >= 15 is 0 Å². The average Bonchev–Trinajstić information content (AvgIpc) is 2.78. The molecule has 0 bridgehead atoms. The lowest BCUT2D eigenvalue weighted by Gasteiger charge is -2.27. The predicted molar refractivity (Wildman–Crippen MR) is 112 cm³/mol. The van der Waals surface area contributed by atoms with Crippen molar-refractivity contribution in [3.8, 4) is 23.3 Å². The summed E-state index contributed by atoms with van der Waals surface area (Å²) in [5, 5.41) is 9.49. The summed E-state index contributed by atoms with van der Waals surface area (Å²) in [7, 11) is 3.05. The molecule has 0 amide bonds. The van der Waals surface area contributed by atoms with Gasteiger partial charge in [0.1, 0.15) is 23.1 Å². The van der Waals surface area contributed by atoms with Crippen LogP contribution < -0.4 is 15.0 Å². The van der Waals surface area contributed by atoms with Gasteiger partial charge in [0.25, 0.3) is 5.56 Å². The van der Waals surface area contributed by atoms with Crippen LogP contribution in [0.5, 0.6) is 11.5 Å². The molecule has 30 heavy (non-hydrogen) atoms. The Kier molecular flexibility index (Phi) is 5.11. The van der Waals surface area contributed by atoms with Gasteiger partial charge in [-0.2, -0.15) is 5.26 Å². The monoisotopic (exact) mass is 400 g/mol. The predicted octanol–water partition coefficient (Wildman–Crippen LogP) is 3.64. The summed E-state index contributed by atoms with van der Waals surface area (Å²) in [5.41, 5.74) is 2.02. The largest absolute Gasteiger partial charge is 0.497 e. The topological polar surface area (TPSA) is 81.3 Å². The molecule has 0 spiro atoms. The molecule has 6 nitrogen and oxygen atoms in total. The lowest BCUT2D eigenvalue weighted by atomic mass is 9.81. The third kappa shape index (κ3) is 3.35. The van der Waals surface area contributed by atoms with Crippen LogP contribution in [0.25, 0.3) is 5.69 Å². The van der Waals surface area contributed by atoms with Crippen LogP contribution in [0.2, 0.25) is 0 Å². The highest BCUT2D eigenvalue weighted by Crippen LogP contribution is 2.34. The lowest BCUT2D eigenvalue weighted by Crippen LogP contribution is -2.31. The number of aromatic nitrogens is 1. The molecule has 0 aliphatic heterocycles. The number of nitriles is 1. The van der Waals surface area contributed by atoms with Crippen molar-refractivity contribution in [2.24, 2.45) is 0 Å². The van der Waals surface area contributed by atoms with Crippen LogP contribution in [0, 0.1) is 11.3 Å². The van der Waals surface area contributed by atoms with Gasteiger partial charge in [-0.3, -0.25) is 14.2 Å². The van der Waals surface area contributed by atoms with Crippen LogP contribution in [-0.2, 0) is 6.42 Å². The Bertz CT molecular complexity index is 1200. The summed E-state index contributed by atoms with van der Waals surface area (Å²) in [4.78, 5) is 26.2. The normalized spacial score (nSPS) is 15.2. The summed E-state index contributed by atoms with van der Waals surface area (Å²) in [6.45, 7) is 0. The first-order valence-corrected chi connectivity index (χ1v) is 9.56. The van der Waals surface area contributed by atoms with E-state index < -0.39 is 5.56 Å². The fraction of sp³-hybridized carbons (Fsp3) is 0.208. The van der Waals surface area contributed by atoms with Crippen molar-refractivity contribution in [1.82, 2.24) is 4.57 Å². The van der Waals surface area contributed by atoms with Crippen LogP contribution >= 0.6 is 0 Å². The van der Waals surface area contributed by atoms with Gasteiger partial charge in [-0.05, 0) is 24.0 Å². The zero-order valence-electron chi connectivity index (χ0n) is 16.7. The second-order valence-electron chi connectivity index (χ2n) is 7.18. The van der Waals surface area contributed by atoms with Crippen LogP contribution in [0.4, 0.5) is 0 Å². The molecule has 1 atom stereocenters. The molecule has 150 valence electrons. The summed E-state index contributed by atoms with van der Waals surface area (Å²) < 4.78 is 12.1. The Morgan fingerprint density at radius 3 is 2.23 bits per heavy atom. The summed E-state index contributed by atoms with van der Waals surface area (Å²) in [5.74, 6) is 0.894. The van der Waals surface area contributed by atoms with Crippen LogP contribution in [0.3, 0.4) is 0 Å². The van der Waals surface area contributed by atoms with Crippen molar-refractivity contribution >= 4 is 5.78 Å². The lowest BCUT2D eigenvalue weighted by molar-refractivity contribution is 0.0962. The fourth-order valence-corrected chi connectivity index (χ4v) is 3.97. The van der Waals surface area contributed by atoms with Gasteiger partial charge in [0.05, 0.1) is 19.9 Å². The highest BCUT2D eigenvalue weighted by atomic mass is 16.5. The van der Waals surface area contributed by atoms with Crippen molar-refractivity contribution in [2.75, 3.05) is 14.2 Å². The molecule has 0 saturated carbocycles. The second kappa shape index (κ2) is 7.88. The standard InChI is InChI=1S/C24H20N2O4/c1-29-19-11-18(12-20(13-19)30-2)26-22-9-16(15-6-4-3-5-7-15)10-23(27)21(22)8-17(14-25)24(26)28/h3-8,11-13,16H,9-10H2,1-2H3. The molecule has 1 heterocycles. The molecule has 0 radical (unpaired) electrons. The van der Waals surface area contributed by atoms with Crippen molar-refractivity contribution in [3.63, 3.8) is 0 Å². The number of ketones is 1. The van der Waals surface area contributed by atoms with Gasteiger partial charge < -0.3 is 9.47 Å². The number of fused-ring (bicyclic) bond motifs is 1. The minimum atomic E-state index is -0.465. The fourth-order valence-electron chi connectivity index (χ4n) is 3.97. The molecule has 0 saturated heterocycles. The van der Waals surface area contributed by atoms with E-state index in [4.69, 9.17) is 9.47 Å². The van der Waals surface area contributed by atoms with Crippen molar-refractivity contribution in [2.45, 2.75) is 18.8 Å². The molecule has 4 rings (SSSR count). The third-order valence-corrected chi connectivity index (χ3v) is 5.46. The van der Waals surface area contributed by atoms with E-state index in [1.165, 1.54) is 24.9 Å². The molecule has 1 aliphatic rings. The van der Waals surface area contributed by atoms with E-state index in [2.05, 4.69) is 0 Å². The molecule has 0 N–H and O–H groups in total. The first-order valence-electron chi connectivity index (χ1n) is 9.56. The summed E-state index contributed by atoms with van der Waals surface area (Å²) in [6.07, 6.45) is 0.840. The molecule has 2 aromatic carbocycles. The van der Waals surface area contributed by atoms with E-state index in [1.807, 2.05) is 36.4 Å². The number of ether oxygens (including phenoxy) is 2. The van der Waals surface area contributed by atoms with Gasteiger partial charge in [0, 0.05) is 35.9 Å².